The SMILES string of the molecule is CC1CCC(N(CCOCc2cccnc2)C(N)=O)CC1. The summed E-state index contributed by atoms with van der Waals surface area (Å²) in [5.41, 5.74) is 6.55. The van der Waals surface area contributed by atoms with Crippen LogP contribution in [-0.4, -0.2) is 35.1 Å². The van der Waals surface area contributed by atoms with Crippen LogP contribution in [0.3, 0.4) is 0 Å². The Bertz CT molecular complexity index is 430. The molecule has 0 atom stereocenters. The van der Waals surface area contributed by atoms with Gasteiger partial charge in [-0.1, -0.05) is 13.0 Å². The predicted octanol–water partition coefficient (Wildman–Crippen LogP) is 2.56. The van der Waals surface area contributed by atoms with Crippen LogP contribution in [0.15, 0.2) is 24.5 Å². The van der Waals surface area contributed by atoms with E-state index < -0.39 is 0 Å². The fourth-order valence-corrected chi connectivity index (χ4v) is 2.86. The lowest BCUT2D eigenvalue weighted by atomic mass is 9.86. The summed E-state index contributed by atoms with van der Waals surface area (Å²) in [4.78, 5) is 17.4. The second kappa shape index (κ2) is 7.98. The molecular formula is C16H25N3O2. The second-order valence-corrected chi connectivity index (χ2v) is 5.86. The first-order valence-electron chi connectivity index (χ1n) is 7.69. The topological polar surface area (TPSA) is 68.4 Å². The molecule has 5 nitrogen and oxygen atoms in total. The van der Waals surface area contributed by atoms with Crippen LogP contribution >= 0.6 is 0 Å². The molecule has 1 aromatic rings. The molecule has 1 aliphatic carbocycles. The summed E-state index contributed by atoms with van der Waals surface area (Å²) in [6, 6.07) is 3.80. The third-order valence-corrected chi connectivity index (χ3v) is 4.18. The number of aromatic nitrogens is 1. The molecule has 1 fully saturated rings. The van der Waals surface area contributed by atoms with Crippen LogP contribution in [0.1, 0.15) is 38.2 Å². The molecule has 1 heterocycles. The molecular weight excluding hydrogens is 266 g/mol. The lowest BCUT2D eigenvalue weighted by Crippen LogP contribution is -2.46. The van der Waals surface area contributed by atoms with Gasteiger partial charge in [-0.2, -0.15) is 0 Å². The van der Waals surface area contributed by atoms with Crippen LogP contribution in [-0.2, 0) is 11.3 Å². The first kappa shape index (κ1) is 15.8. The average molecular weight is 291 g/mol. The van der Waals surface area contributed by atoms with Gasteiger partial charge in [-0.15, -0.1) is 0 Å². The summed E-state index contributed by atoms with van der Waals surface area (Å²) in [6.07, 6.45) is 7.96. The van der Waals surface area contributed by atoms with Crippen LogP contribution < -0.4 is 5.73 Å². The highest BCUT2D eigenvalue weighted by Gasteiger charge is 2.25. The van der Waals surface area contributed by atoms with Gasteiger partial charge in [0.25, 0.3) is 0 Å². The van der Waals surface area contributed by atoms with Crippen molar-refractivity contribution < 1.29 is 9.53 Å². The van der Waals surface area contributed by atoms with E-state index in [-0.39, 0.29) is 12.1 Å². The second-order valence-electron chi connectivity index (χ2n) is 5.86. The van der Waals surface area contributed by atoms with E-state index in [0.29, 0.717) is 19.8 Å². The van der Waals surface area contributed by atoms with Crippen molar-refractivity contribution in [3.05, 3.63) is 30.1 Å². The van der Waals surface area contributed by atoms with Gasteiger partial charge >= 0.3 is 6.03 Å². The maximum Gasteiger partial charge on any atom is 0.315 e. The van der Waals surface area contributed by atoms with Crippen molar-refractivity contribution in [2.24, 2.45) is 11.7 Å². The molecule has 1 aliphatic rings. The van der Waals surface area contributed by atoms with E-state index in [1.165, 1.54) is 12.8 Å². The minimum atomic E-state index is -0.334. The number of ether oxygens (including phenoxy) is 1. The van der Waals surface area contributed by atoms with Gasteiger partial charge < -0.3 is 15.4 Å². The molecule has 21 heavy (non-hydrogen) atoms. The normalized spacial score (nSPS) is 22.0. The van der Waals surface area contributed by atoms with Gasteiger partial charge in [0.1, 0.15) is 0 Å². The third kappa shape index (κ3) is 5.01. The molecule has 116 valence electrons. The highest BCUT2D eigenvalue weighted by Crippen LogP contribution is 2.26. The third-order valence-electron chi connectivity index (χ3n) is 4.18. The Labute approximate surface area is 126 Å². The number of nitrogens with zero attached hydrogens (tertiary/aromatic N) is 2. The maximum absolute atomic E-state index is 11.6. The van der Waals surface area contributed by atoms with E-state index in [1.807, 2.05) is 12.1 Å². The Balaban J connectivity index is 1.74. The standard InChI is InChI=1S/C16H25N3O2/c1-13-4-6-15(7-5-13)19(16(17)20)9-10-21-12-14-3-2-8-18-11-14/h2-3,8,11,13,15H,4-7,9-10,12H2,1H3,(H2,17,20). The van der Waals surface area contributed by atoms with E-state index in [1.54, 1.807) is 17.3 Å². The van der Waals surface area contributed by atoms with Crippen LogP contribution in [0.5, 0.6) is 0 Å². The first-order valence-corrected chi connectivity index (χ1v) is 7.69. The number of rotatable bonds is 6. The summed E-state index contributed by atoms with van der Waals surface area (Å²) in [5.74, 6) is 0.762. The number of urea groups is 1. The number of primary amides is 1. The Morgan fingerprint density at radius 3 is 2.81 bits per heavy atom. The van der Waals surface area contributed by atoms with Gasteiger partial charge in [0.15, 0.2) is 0 Å². The number of amides is 2. The van der Waals surface area contributed by atoms with Gasteiger partial charge in [-0.3, -0.25) is 4.98 Å². The molecule has 2 N–H and O–H groups in total. The Morgan fingerprint density at radius 1 is 1.43 bits per heavy atom. The Morgan fingerprint density at radius 2 is 2.19 bits per heavy atom. The lowest BCUT2D eigenvalue weighted by Gasteiger charge is -2.35. The highest BCUT2D eigenvalue weighted by atomic mass is 16.5. The summed E-state index contributed by atoms with van der Waals surface area (Å²) in [5, 5.41) is 0. The summed E-state index contributed by atoms with van der Waals surface area (Å²) in [6.45, 7) is 3.85. The van der Waals surface area contributed by atoms with Gasteiger partial charge in [0.2, 0.25) is 0 Å². The minimum absolute atomic E-state index is 0.278. The van der Waals surface area contributed by atoms with Crippen LogP contribution in [0.2, 0.25) is 0 Å². The van der Waals surface area contributed by atoms with E-state index >= 15 is 0 Å². The smallest absolute Gasteiger partial charge is 0.315 e. The lowest BCUT2D eigenvalue weighted by molar-refractivity contribution is 0.0800. The van der Waals surface area contributed by atoms with Gasteiger partial charge in [0.05, 0.1) is 13.2 Å². The van der Waals surface area contributed by atoms with Gasteiger partial charge in [-0.05, 0) is 43.2 Å². The molecule has 0 radical (unpaired) electrons. The van der Waals surface area contributed by atoms with Gasteiger partial charge in [0, 0.05) is 25.0 Å². The number of hydrogen-bond acceptors (Lipinski definition) is 3. The quantitative estimate of drug-likeness (QED) is 0.819. The zero-order valence-corrected chi connectivity index (χ0v) is 12.7. The van der Waals surface area contributed by atoms with Crippen LogP contribution in [0.4, 0.5) is 4.79 Å². The fraction of sp³-hybridized carbons (Fsp3) is 0.625. The van der Waals surface area contributed by atoms with Crippen molar-refractivity contribution in [1.29, 1.82) is 0 Å². The predicted molar refractivity (Wildman–Crippen MR) is 81.6 cm³/mol. The molecule has 0 aromatic carbocycles. The number of pyridine rings is 1. The zero-order valence-electron chi connectivity index (χ0n) is 12.7. The number of carbonyl (C=O) groups excluding carboxylic acids is 1. The molecule has 1 aromatic heterocycles. The van der Waals surface area contributed by atoms with E-state index in [4.69, 9.17) is 10.5 Å². The molecule has 1 saturated carbocycles. The van der Waals surface area contributed by atoms with Crippen molar-refractivity contribution in [2.75, 3.05) is 13.2 Å². The molecule has 0 saturated heterocycles. The fourth-order valence-electron chi connectivity index (χ4n) is 2.86. The number of nitrogens with two attached hydrogens (primary N) is 1. The van der Waals surface area contributed by atoms with Crippen molar-refractivity contribution >= 4 is 6.03 Å². The van der Waals surface area contributed by atoms with Crippen LogP contribution in [0.25, 0.3) is 0 Å². The van der Waals surface area contributed by atoms with E-state index in [2.05, 4.69) is 11.9 Å². The number of hydrogen-bond donors (Lipinski definition) is 1. The Hall–Kier alpha value is -1.62. The largest absolute Gasteiger partial charge is 0.375 e. The van der Waals surface area contributed by atoms with Gasteiger partial charge in [-0.25, -0.2) is 4.79 Å². The van der Waals surface area contributed by atoms with Crippen molar-refractivity contribution in [1.82, 2.24) is 9.88 Å². The van der Waals surface area contributed by atoms with Crippen molar-refractivity contribution in [3.63, 3.8) is 0 Å². The van der Waals surface area contributed by atoms with Crippen molar-refractivity contribution in [3.8, 4) is 0 Å². The van der Waals surface area contributed by atoms with Crippen molar-refractivity contribution in [2.45, 2.75) is 45.3 Å². The van der Waals surface area contributed by atoms with Crippen LogP contribution in [0, 0.1) is 5.92 Å². The Kier molecular flexibility index (Phi) is 5.99. The average Bonchev–Trinajstić information content (AvgIpc) is 2.49. The monoisotopic (exact) mass is 291 g/mol. The highest BCUT2D eigenvalue weighted by molar-refractivity contribution is 5.72. The van der Waals surface area contributed by atoms with E-state index in [9.17, 15) is 4.79 Å². The molecule has 5 heteroatoms. The first-order chi connectivity index (χ1) is 10.2. The minimum Gasteiger partial charge on any atom is -0.375 e. The molecule has 0 spiro atoms. The maximum atomic E-state index is 11.6. The molecule has 0 aliphatic heterocycles. The zero-order chi connectivity index (χ0) is 15.1. The molecule has 0 unspecified atom stereocenters. The molecule has 2 amide bonds. The molecule has 2 rings (SSSR count). The summed E-state index contributed by atoms with van der Waals surface area (Å²) in [7, 11) is 0. The summed E-state index contributed by atoms with van der Waals surface area (Å²) < 4.78 is 5.62. The molecule has 0 bridgehead atoms. The number of carbonyl (C=O) groups is 1. The summed E-state index contributed by atoms with van der Waals surface area (Å²) >= 11 is 0. The van der Waals surface area contributed by atoms with E-state index in [0.717, 1.165) is 24.3 Å².